The third-order valence-electron chi connectivity index (χ3n) is 2.77. The molecule has 0 spiro atoms. The van der Waals surface area contributed by atoms with Gasteiger partial charge in [-0.1, -0.05) is 6.92 Å². The lowest BCUT2D eigenvalue weighted by Gasteiger charge is -2.39. The summed E-state index contributed by atoms with van der Waals surface area (Å²) in [6.07, 6.45) is -6.64. The van der Waals surface area contributed by atoms with E-state index in [9.17, 15) is 20.4 Å². The van der Waals surface area contributed by atoms with E-state index in [0.29, 0.717) is 6.42 Å². The molecule has 0 aromatic heterocycles. The van der Waals surface area contributed by atoms with Crippen LogP contribution in [0.25, 0.3) is 0 Å². The molecule has 0 saturated carbocycles. The first-order valence-corrected chi connectivity index (χ1v) is 5.61. The maximum Gasteiger partial charge on any atom is 0.186 e. The highest BCUT2D eigenvalue weighted by Gasteiger charge is 2.44. The summed E-state index contributed by atoms with van der Waals surface area (Å²) in [6, 6.07) is 0. The molecule has 1 aliphatic heterocycles. The molecule has 0 bridgehead atoms. The van der Waals surface area contributed by atoms with Crippen molar-refractivity contribution >= 4 is 0 Å². The molecule has 0 radical (unpaired) electrons. The molecule has 0 amide bonds. The Balaban J connectivity index is 2.53. The van der Waals surface area contributed by atoms with Crippen molar-refractivity contribution in [1.82, 2.24) is 0 Å². The molecule has 1 aliphatic rings. The molecule has 1 fully saturated rings. The first-order valence-electron chi connectivity index (χ1n) is 5.61. The van der Waals surface area contributed by atoms with Crippen molar-refractivity contribution in [3.63, 3.8) is 0 Å². The fourth-order valence-electron chi connectivity index (χ4n) is 1.53. The van der Waals surface area contributed by atoms with Crippen LogP contribution in [0, 0.1) is 0 Å². The summed E-state index contributed by atoms with van der Waals surface area (Å²) in [6.45, 7) is 1.21. The minimum absolute atomic E-state index is 0.0564. The van der Waals surface area contributed by atoms with Gasteiger partial charge in [0.2, 0.25) is 0 Å². The third kappa shape index (κ3) is 3.59. The van der Waals surface area contributed by atoms with E-state index in [1.165, 1.54) is 0 Å². The average molecular weight is 252 g/mol. The topological polar surface area (TPSA) is 120 Å². The van der Waals surface area contributed by atoms with Crippen molar-refractivity contribution in [2.24, 2.45) is 0 Å². The highest BCUT2D eigenvalue weighted by molar-refractivity contribution is 4.88. The third-order valence-corrected chi connectivity index (χ3v) is 2.77. The van der Waals surface area contributed by atoms with Crippen molar-refractivity contribution in [2.75, 3.05) is 13.2 Å². The fraction of sp³-hybridized carbons (Fsp3) is 1.00. The minimum Gasteiger partial charge on any atom is -0.394 e. The highest BCUT2D eigenvalue weighted by atomic mass is 16.7. The molecule has 7 nitrogen and oxygen atoms in total. The highest BCUT2D eigenvalue weighted by Crippen LogP contribution is 2.22. The zero-order chi connectivity index (χ0) is 13.0. The van der Waals surface area contributed by atoms with Gasteiger partial charge in [0.1, 0.15) is 24.4 Å². The van der Waals surface area contributed by atoms with Gasteiger partial charge < -0.3 is 35.0 Å². The van der Waals surface area contributed by atoms with Crippen LogP contribution in [0.3, 0.4) is 0 Å². The molecule has 0 aromatic rings. The summed E-state index contributed by atoms with van der Waals surface area (Å²) >= 11 is 0. The molecule has 5 N–H and O–H groups in total. The standard InChI is InChI=1S/C10H20O7/c1-2-5(12)4-16-10-9(15)8(14)7(13)6(3-11)17-10/h5-15H,2-4H2,1H3/t5?,6-,7+,8+,9-,10-/m1/s1. The fourth-order valence-corrected chi connectivity index (χ4v) is 1.53. The second-order valence-electron chi connectivity index (χ2n) is 4.09. The Bertz CT molecular complexity index is 223. The molecule has 7 heteroatoms. The number of ether oxygens (including phenoxy) is 2. The lowest BCUT2D eigenvalue weighted by atomic mass is 9.99. The van der Waals surface area contributed by atoms with E-state index in [1.807, 2.05) is 0 Å². The molecular formula is C10H20O7. The number of hydrogen-bond acceptors (Lipinski definition) is 7. The maximum absolute atomic E-state index is 9.58. The smallest absolute Gasteiger partial charge is 0.186 e. The van der Waals surface area contributed by atoms with Gasteiger partial charge in [0.25, 0.3) is 0 Å². The Morgan fingerprint density at radius 3 is 2.35 bits per heavy atom. The van der Waals surface area contributed by atoms with Gasteiger partial charge in [0.15, 0.2) is 6.29 Å². The van der Waals surface area contributed by atoms with Crippen LogP contribution in [0.2, 0.25) is 0 Å². The van der Waals surface area contributed by atoms with Crippen LogP contribution in [0.5, 0.6) is 0 Å². The first-order chi connectivity index (χ1) is 8.01. The van der Waals surface area contributed by atoms with Gasteiger partial charge >= 0.3 is 0 Å². The van der Waals surface area contributed by atoms with E-state index < -0.39 is 43.4 Å². The molecule has 0 aromatic carbocycles. The Hall–Kier alpha value is -0.280. The molecule has 17 heavy (non-hydrogen) atoms. The van der Waals surface area contributed by atoms with Crippen molar-refractivity contribution in [1.29, 1.82) is 0 Å². The minimum atomic E-state index is -1.45. The van der Waals surface area contributed by atoms with E-state index in [4.69, 9.17) is 14.6 Å². The molecule has 102 valence electrons. The first kappa shape index (κ1) is 14.8. The Morgan fingerprint density at radius 1 is 1.18 bits per heavy atom. The van der Waals surface area contributed by atoms with E-state index in [0.717, 1.165) is 0 Å². The molecule has 1 rings (SSSR count). The molecule has 1 heterocycles. The average Bonchev–Trinajstić information content (AvgIpc) is 2.34. The summed E-state index contributed by atoms with van der Waals surface area (Å²) in [4.78, 5) is 0. The van der Waals surface area contributed by atoms with Gasteiger partial charge in [-0.3, -0.25) is 0 Å². The Kier molecular flexibility index (Phi) is 5.74. The monoisotopic (exact) mass is 252 g/mol. The predicted molar refractivity (Wildman–Crippen MR) is 56.0 cm³/mol. The summed E-state index contributed by atoms with van der Waals surface area (Å²) in [7, 11) is 0. The van der Waals surface area contributed by atoms with Gasteiger partial charge in [0.05, 0.1) is 19.3 Å². The van der Waals surface area contributed by atoms with Gasteiger partial charge in [-0.2, -0.15) is 0 Å². The molecule has 1 saturated heterocycles. The quantitative estimate of drug-likeness (QED) is 0.369. The number of aliphatic hydroxyl groups excluding tert-OH is 5. The maximum atomic E-state index is 9.58. The Labute approximate surface area is 99.2 Å². The second-order valence-corrected chi connectivity index (χ2v) is 4.09. The lowest BCUT2D eigenvalue weighted by molar-refractivity contribution is -0.304. The molecule has 1 unspecified atom stereocenters. The van der Waals surface area contributed by atoms with Crippen molar-refractivity contribution in [3.8, 4) is 0 Å². The van der Waals surface area contributed by atoms with Gasteiger partial charge in [-0.25, -0.2) is 0 Å². The SMILES string of the molecule is CCC(O)CO[C@@H]1O[C@H](CO)[C@H](O)[C@H](O)[C@H]1O. The normalized spacial score (nSPS) is 40.2. The zero-order valence-electron chi connectivity index (χ0n) is 9.64. The van der Waals surface area contributed by atoms with Gasteiger partial charge in [0, 0.05) is 0 Å². The van der Waals surface area contributed by atoms with Crippen LogP contribution in [0.15, 0.2) is 0 Å². The largest absolute Gasteiger partial charge is 0.394 e. The number of hydrogen-bond donors (Lipinski definition) is 5. The summed E-state index contributed by atoms with van der Waals surface area (Å²) < 4.78 is 10.2. The number of aliphatic hydroxyl groups is 5. The summed E-state index contributed by atoms with van der Waals surface area (Å²) in [5, 5.41) is 46.8. The van der Waals surface area contributed by atoms with Gasteiger partial charge in [-0.05, 0) is 6.42 Å². The van der Waals surface area contributed by atoms with Crippen molar-refractivity contribution < 1.29 is 35.0 Å². The van der Waals surface area contributed by atoms with E-state index in [-0.39, 0.29) is 6.61 Å². The predicted octanol–water partition coefficient (Wildman–Crippen LogP) is -2.43. The van der Waals surface area contributed by atoms with Crippen LogP contribution in [-0.4, -0.2) is 75.6 Å². The van der Waals surface area contributed by atoms with Crippen LogP contribution >= 0.6 is 0 Å². The van der Waals surface area contributed by atoms with Crippen LogP contribution in [0.1, 0.15) is 13.3 Å². The molecule has 6 atom stereocenters. The number of rotatable bonds is 5. The van der Waals surface area contributed by atoms with Crippen LogP contribution in [0.4, 0.5) is 0 Å². The van der Waals surface area contributed by atoms with Crippen LogP contribution in [-0.2, 0) is 9.47 Å². The van der Waals surface area contributed by atoms with E-state index >= 15 is 0 Å². The van der Waals surface area contributed by atoms with Crippen molar-refractivity contribution in [2.45, 2.75) is 50.2 Å². The van der Waals surface area contributed by atoms with Crippen molar-refractivity contribution in [3.05, 3.63) is 0 Å². The van der Waals surface area contributed by atoms with Crippen LogP contribution < -0.4 is 0 Å². The van der Waals surface area contributed by atoms with Gasteiger partial charge in [-0.15, -0.1) is 0 Å². The zero-order valence-corrected chi connectivity index (χ0v) is 9.64. The lowest BCUT2D eigenvalue weighted by Crippen LogP contribution is -2.59. The van der Waals surface area contributed by atoms with E-state index in [2.05, 4.69) is 0 Å². The summed E-state index contributed by atoms with van der Waals surface area (Å²) in [5.41, 5.74) is 0. The Morgan fingerprint density at radius 2 is 1.82 bits per heavy atom. The van der Waals surface area contributed by atoms with E-state index in [1.54, 1.807) is 6.92 Å². The summed E-state index contributed by atoms with van der Waals surface area (Å²) in [5.74, 6) is 0. The molecular weight excluding hydrogens is 232 g/mol. The second kappa shape index (κ2) is 6.60. The molecule has 0 aliphatic carbocycles.